The molecule has 2 N–H and O–H groups in total. The van der Waals surface area contributed by atoms with Crippen molar-refractivity contribution in [3.8, 4) is 5.75 Å². The monoisotopic (exact) mass is 493 g/mol. The van der Waals surface area contributed by atoms with E-state index in [9.17, 15) is 26.8 Å². The fraction of sp³-hybridized carbons (Fsp3) is 0.391. The van der Waals surface area contributed by atoms with Gasteiger partial charge in [0.2, 0.25) is 15.9 Å². The lowest BCUT2D eigenvalue weighted by Gasteiger charge is -2.32. The Balaban J connectivity index is 1.55. The van der Waals surface area contributed by atoms with E-state index in [4.69, 9.17) is 4.74 Å². The second-order valence-corrected chi connectivity index (χ2v) is 10.3. The normalized spacial score (nSPS) is 20.8. The average Bonchev–Trinajstić information content (AvgIpc) is 2.80. The Hall–Kier alpha value is -3.05. The topological polar surface area (TPSA) is 105 Å². The summed E-state index contributed by atoms with van der Waals surface area (Å²) in [6.45, 7) is 3.52. The van der Waals surface area contributed by atoms with Crippen LogP contribution < -0.4 is 15.4 Å². The number of piperidine rings is 1. The van der Waals surface area contributed by atoms with Gasteiger partial charge in [-0.15, -0.1) is 0 Å². The van der Waals surface area contributed by atoms with Crippen LogP contribution in [0, 0.1) is 24.5 Å². The molecule has 0 aliphatic carbocycles. The molecule has 2 heterocycles. The Morgan fingerprint density at radius 1 is 1.26 bits per heavy atom. The smallest absolute Gasteiger partial charge is 0.265 e. The maximum Gasteiger partial charge on any atom is 0.265 e. The highest BCUT2D eigenvalue weighted by Gasteiger charge is 2.36. The van der Waals surface area contributed by atoms with E-state index in [1.807, 2.05) is 0 Å². The van der Waals surface area contributed by atoms with Crippen molar-refractivity contribution in [2.75, 3.05) is 23.7 Å². The molecule has 4 rings (SSSR count). The number of amides is 2. The van der Waals surface area contributed by atoms with E-state index < -0.39 is 39.6 Å². The standard InChI is InChI=1S/C23H25F2N3O5S/c1-3-19-23(30)27-18-9-13(2)21(11-20(18)33-19)34(31,32)28-8-4-5-14(12-28)22(29)26-17-10-15(24)6-7-16(17)25/h6-7,9-11,14,19H,3-5,8,12H2,1-2H3,(H,26,29)(H,27,30). The maximum atomic E-state index is 13.9. The predicted molar refractivity (Wildman–Crippen MR) is 121 cm³/mol. The van der Waals surface area contributed by atoms with Crippen LogP contribution in [0.2, 0.25) is 0 Å². The number of carbonyl (C=O) groups is 2. The lowest BCUT2D eigenvalue weighted by Crippen LogP contribution is -2.44. The molecule has 0 spiro atoms. The first-order chi connectivity index (χ1) is 16.1. The van der Waals surface area contributed by atoms with E-state index >= 15 is 0 Å². The molecule has 0 radical (unpaired) electrons. The van der Waals surface area contributed by atoms with Crippen molar-refractivity contribution < 1.29 is 31.5 Å². The quantitative estimate of drug-likeness (QED) is 0.664. The summed E-state index contributed by atoms with van der Waals surface area (Å²) in [5.74, 6) is -2.81. The molecule has 11 heteroatoms. The summed E-state index contributed by atoms with van der Waals surface area (Å²) >= 11 is 0. The van der Waals surface area contributed by atoms with Crippen molar-refractivity contribution in [3.63, 3.8) is 0 Å². The van der Waals surface area contributed by atoms with Crippen molar-refractivity contribution in [2.45, 2.75) is 44.1 Å². The lowest BCUT2D eigenvalue weighted by atomic mass is 9.98. The van der Waals surface area contributed by atoms with Crippen LogP contribution in [0.5, 0.6) is 5.75 Å². The zero-order valence-corrected chi connectivity index (χ0v) is 19.5. The number of rotatable bonds is 5. The van der Waals surface area contributed by atoms with Crippen LogP contribution in [-0.4, -0.2) is 43.7 Å². The van der Waals surface area contributed by atoms with Gasteiger partial charge in [0.15, 0.2) is 6.10 Å². The molecule has 0 saturated carbocycles. The molecular formula is C23H25F2N3O5S. The Bertz CT molecular complexity index is 1250. The minimum Gasteiger partial charge on any atom is -0.478 e. The largest absolute Gasteiger partial charge is 0.478 e. The highest BCUT2D eigenvalue weighted by Crippen LogP contribution is 2.36. The minimum absolute atomic E-state index is 0.0227. The molecule has 2 unspecified atom stereocenters. The van der Waals surface area contributed by atoms with Gasteiger partial charge >= 0.3 is 0 Å². The number of aryl methyl sites for hydroxylation is 1. The SMILES string of the molecule is CCC1Oc2cc(S(=O)(=O)N3CCCC(C(=O)Nc4cc(F)ccc4F)C3)c(C)cc2NC1=O. The molecule has 1 fully saturated rings. The van der Waals surface area contributed by atoms with Crippen LogP contribution in [0.25, 0.3) is 0 Å². The number of halogens is 2. The van der Waals surface area contributed by atoms with Gasteiger partial charge in [-0.1, -0.05) is 6.92 Å². The van der Waals surface area contributed by atoms with Crippen molar-refractivity contribution in [1.82, 2.24) is 4.31 Å². The van der Waals surface area contributed by atoms with Crippen LogP contribution in [0.1, 0.15) is 31.7 Å². The first-order valence-electron chi connectivity index (χ1n) is 11.0. The summed E-state index contributed by atoms with van der Waals surface area (Å²) in [6.07, 6.45) is 0.552. The number of anilines is 2. The molecule has 0 aromatic heterocycles. The summed E-state index contributed by atoms with van der Waals surface area (Å²) in [7, 11) is -3.99. The molecule has 34 heavy (non-hydrogen) atoms. The van der Waals surface area contributed by atoms with Crippen molar-refractivity contribution in [3.05, 3.63) is 47.5 Å². The van der Waals surface area contributed by atoms with Crippen LogP contribution in [0.15, 0.2) is 35.2 Å². The molecule has 2 aliphatic heterocycles. The van der Waals surface area contributed by atoms with Crippen LogP contribution >= 0.6 is 0 Å². The van der Waals surface area contributed by atoms with E-state index in [1.54, 1.807) is 19.9 Å². The average molecular weight is 494 g/mol. The van der Waals surface area contributed by atoms with Gasteiger partial charge in [-0.2, -0.15) is 4.31 Å². The Morgan fingerprint density at radius 2 is 2.03 bits per heavy atom. The van der Waals surface area contributed by atoms with Crippen LogP contribution in [0.4, 0.5) is 20.2 Å². The number of fused-ring (bicyclic) bond motifs is 1. The molecule has 2 atom stereocenters. The predicted octanol–water partition coefficient (Wildman–Crippen LogP) is 3.42. The van der Waals surface area contributed by atoms with Gasteiger partial charge in [0, 0.05) is 25.2 Å². The number of hydrogen-bond acceptors (Lipinski definition) is 5. The number of sulfonamides is 1. The number of hydrogen-bond donors (Lipinski definition) is 2. The molecule has 2 aromatic rings. The number of nitrogens with one attached hydrogen (secondary N) is 2. The molecule has 2 aromatic carbocycles. The van der Waals surface area contributed by atoms with E-state index in [2.05, 4.69) is 10.6 Å². The third-order valence-corrected chi connectivity index (χ3v) is 8.03. The van der Waals surface area contributed by atoms with Crippen molar-refractivity contribution in [2.24, 2.45) is 5.92 Å². The molecule has 8 nitrogen and oxygen atoms in total. The molecule has 182 valence electrons. The number of benzene rings is 2. The van der Waals surface area contributed by atoms with Gasteiger partial charge < -0.3 is 15.4 Å². The Labute approximate surface area is 196 Å². The van der Waals surface area contributed by atoms with E-state index in [0.717, 1.165) is 18.2 Å². The highest BCUT2D eigenvalue weighted by atomic mass is 32.2. The summed E-state index contributed by atoms with van der Waals surface area (Å²) in [6, 6.07) is 5.68. The molecular weight excluding hydrogens is 468 g/mol. The van der Waals surface area contributed by atoms with Crippen LogP contribution in [-0.2, 0) is 19.6 Å². The van der Waals surface area contributed by atoms with E-state index in [0.29, 0.717) is 30.5 Å². The van der Waals surface area contributed by atoms with Gasteiger partial charge in [-0.05, 0) is 49.9 Å². The van der Waals surface area contributed by atoms with Gasteiger partial charge in [-0.25, -0.2) is 17.2 Å². The van der Waals surface area contributed by atoms with E-state index in [-0.39, 0.29) is 35.3 Å². The zero-order valence-electron chi connectivity index (χ0n) is 18.7. The van der Waals surface area contributed by atoms with Gasteiger partial charge in [0.05, 0.1) is 22.2 Å². The molecule has 0 bridgehead atoms. The second kappa shape index (κ2) is 9.30. The van der Waals surface area contributed by atoms with Gasteiger partial charge in [0.25, 0.3) is 5.91 Å². The van der Waals surface area contributed by atoms with Gasteiger partial charge in [0.1, 0.15) is 17.4 Å². The molecule has 2 aliphatic rings. The Kier molecular flexibility index (Phi) is 6.59. The third-order valence-electron chi connectivity index (χ3n) is 6.03. The van der Waals surface area contributed by atoms with Gasteiger partial charge in [-0.3, -0.25) is 9.59 Å². The fourth-order valence-electron chi connectivity index (χ4n) is 4.17. The zero-order chi connectivity index (χ0) is 24.6. The van der Waals surface area contributed by atoms with Crippen LogP contribution in [0.3, 0.4) is 0 Å². The fourth-order valence-corrected chi connectivity index (χ4v) is 5.92. The summed E-state index contributed by atoms with van der Waals surface area (Å²) < 4.78 is 61.2. The highest BCUT2D eigenvalue weighted by molar-refractivity contribution is 7.89. The first-order valence-corrected chi connectivity index (χ1v) is 12.4. The molecule has 2 amide bonds. The Morgan fingerprint density at radius 3 is 2.76 bits per heavy atom. The number of carbonyl (C=O) groups excluding carboxylic acids is 2. The van der Waals surface area contributed by atoms with E-state index in [1.165, 1.54) is 10.4 Å². The van der Waals surface area contributed by atoms with Crippen molar-refractivity contribution in [1.29, 1.82) is 0 Å². The summed E-state index contributed by atoms with van der Waals surface area (Å²) in [5.41, 5.74) is 0.533. The third kappa shape index (κ3) is 4.62. The van der Waals surface area contributed by atoms with Crippen molar-refractivity contribution >= 4 is 33.2 Å². The first kappa shape index (κ1) is 24.1. The molecule has 1 saturated heterocycles. The summed E-state index contributed by atoms with van der Waals surface area (Å²) in [5, 5.41) is 5.10. The lowest BCUT2D eigenvalue weighted by molar-refractivity contribution is -0.123. The second-order valence-electron chi connectivity index (χ2n) is 8.43. The minimum atomic E-state index is -3.99. The number of nitrogens with zero attached hydrogens (tertiary/aromatic N) is 1. The maximum absolute atomic E-state index is 13.9. The summed E-state index contributed by atoms with van der Waals surface area (Å²) in [4.78, 5) is 24.8. The number of ether oxygens (including phenoxy) is 1.